The monoisotopic (exact) mass is 330 g/mol. The van der Waals surface area contributed by atoms with Crippen molar-refractivity contribution in [3.05, 3.63) is 29.8 Å². The second-order valence-electron chi connectivity index (χ2n) is 6.75. The van der Waals surface area contributed by atoms with Crippen LogP contribution in [0.3, 0.4) is 0 Å². The summed E-state index contributed by atoms with van der Waals surface area (Å²) in [6, 6.07) is 7.99. The molecule has 2 amide bonds. The molecule has 3 rings (SSSR count). The standard InChI is InChI=1S/C19H26N2O3/c1-24-17-5-3-2-4-14(17)8-9-18(22)20-16-10-12-21(13-11-16)19(23)15-6-7-15/h2-5,15-16H,6-13H2,1H3,(H,20,22). The van der Waals surface area contributed by atoms with Gasteiger partial charge in [-0.3, -0.25) is 9.59 Å². The number of nitrogens with zero attached hydrogens (tertiary/aromatic N) is 1. The molecule has 5 heteroatoms. The van der Waals surface area contributed by atoms with Crippen molar-refractivity contribution in [2.45, 2.75) is 44.6 Å². The topological polar surface area (TPSA) is 58.6 Å². The highest BCUT2D eigenvalue weighted by Crippen LogP contribution is 2.31. The first-order valence-corrected chi connectivity index (χ1v) is 8.87. The largest absolute Gasteiger partial charge is 0.496 e. The Kier molecular flexibility index (Phi) is 5.38. The summed E-state index contributed by atoms with van der Waals surface area (Å²) in [5.74, 6) is 1.51. The molecule has 0 unspecified atom stereocenters. The first-order chi connectivity index (χ1) is 11.7. The molecule has 24 heavy (non-hydrogen) atoms. The van der Waals surface area contributed by atoms with Crippen molar-refractivity contribution in [2.75, 3.05) is 20.2 Å². The van der Waals surface area contributed by atoms with E-state index in [0.717, 1.165) is 50.1 Å². The molecule has 1 N–H and O–H groups in total. The predicted octanol–water partition coefficient (Wildman–Crippen LogP) is 2.14. The Morgan fingerprint density at radius 1 is 1.17 bits per heavy atom. The lowest BCUT2D eigenvalue weighted by atomic mass is 10.0. The SMILES string of the molecule is COc1ccccc1CCC(=O)NC1CCN(C(=O)C2CC2)CC1. The normalized spacial score (nSPS) is 18.3. The maximum absolute atomic E-state index is 12.2. The van der Waals surface area contributed by atoms with Gasteiger partial charge in [-0.05, 0) is 43.7 Å². The molecule has 0 spiro atoms. The molecule has 5 nitrogen and oxygen atoms in total. The molecule has 0 atom stereocenters. The molecule has 1 aromatic rings. The lowest BCUT2D eigenvalue weighted by molar-refractivity contribution is -0.133. The second kappa shape index (κ2) is 7.69. The third kappa shape index (κ3) is 4.28. The van der Waals surface area contributed by atoms with Gasteiger partial charge in [0.05, 0.1) is 7.11 Å². The van der Waals surface area contributed by atoms with E-state index < -0.39 is 0 Å². The number of likely N-dealkylation sites (tertiary alicyclic amines) is 1. The van der Waals surface area contributed by atoms with E-state index in [-0.39, 0.29) is 17.9 Å². The van der Waals surface area contributed by atoms with Crippen LogP contribution in [0, 0.1) is 5.92 Å². The first-order valence-electron chi connectivity index (χ1n) is 8.87. The summed E-state index contributed by atoms with van der Waals surface area (Å²) in [5.41, 5.74) is 1.06. The Bertz CT molecular complexity index is 590. The lowest BCUT2D eigenvalue weighted by Gasteiger charge is -2.32. The fourth-order valence-electron chi connectivity index (χ4n) is 3.29. The van der Waals surface area contributed by atoms with Crippen molar-refractivity contribution in [1.29, 1.82) is 0 Å². The van der Waals surface area contributed by atoms with Gasteiger partial charge >= 0.3 is 0 Å². The molecule has 1 aliphatic carbocycles. The Morgan fingerprint density at radius 2 is 1.88 bits per heavy atom. The number of piperidine rings is 1. The number of hydrogen-bond acceptors (Lipinski definition) is 3. The summed E-state index contributed by atoms with van der Waals surface area (Å²) in [4.78, 5) is 26.2. The average molecular weight is 330 g/mol. The van der Waals surface area contributed by atoms with E-state index >= 15 is 0 Å². The third-order valence-electron chi connectivity index (χ3n) is 4.91. The summed E-state index contributed by atoms with van der Waals surface area (Å²) < 4.78 is 5.32. The molecule has 1 saturated carbocycles. The van der Waals surface area contributed by atoms with Crippen LogP contribution >= 0.6 is 0 Å². The van der Waals surface area contributed by atoms with Gasteiger partial charge in [-0.2, -0.15) is 0 Å². The molecule has 2 fully saturated rings. The minimum atomic E-state index is 0.0767. The maximum atomic E-state index is 12.2. The molecule has 1 saturated heterocycles. The first kappa shape index (κ1) is 16.8. The highest BCUT2D eigenvalue weighted by Gasteiger charge is 2.35. The number of carbonyl (C=O) groups is 2. The zero-order valence-corrected chi connectivity index (χ0v) is 14.3. The average Bonchev–Trinajstić information content (AvgIpc) is 3.45. The van der Waals surface area contributed by atoms with Gasteiger partial charge in [-0.25, -0.2) is 0 Å². The summed E-state index contributed by atoms with van der Waals surface area (Å²) in [6.45, 7) is 1.54. The van der Waals surface area contributed by atoms with Crippen LogP contribution in [0.15, 0.2) is 24.3 Å². The van der Waals surface area contributed by atoms with E-state index in [0.29, 0.717) is 18.7 Å². The zero-order valence-electron chi connectivity index (χ0n) is 14.3. The summed E-state index contributed by atoms with van der Waals surface area (Å²) in [7, 11) is 1.65. The van der Waals surface area contributed by atoms with Crippen LogP contribution in [0.1, 0.15) is 37.7 Å². The van der Waals surface area contributed by atoms with E-state index in [1.54, 1.807) is 7.11 Å². The lowest BCUT2D eigenvalue weighted by Crippen LogP contribution is -2.47. The minimum absolute atomic E-state index is 0.0767. The maximum Gasteiger partial charge on any atom is 0.225 e. The third-order valence-corrected chi connectivity index (χ3v) is 4.91. The van der Waals surface area contributed by atoms with Gasteiger partial charge in [0.15, 0.2) is 0 Å². The summed E-state index contributed by atoms with van der Waals surface area (Å²) in [5, 5.41) is 3.11. The van der Waals surface area contributed by atoms with Crippen LogP contribution < -0.4 is 10.1 Å². The minimum Gasteiger partial charge on any atom is -0.496 e. The number of carbonyl (C=O) groups excluding carboxylic acids is 2. The van der Waals surface area contributed by atoms with Crippen LogP contribution in [0.5, 0.6) is 5.75 Å². The van der Waals surface area contributed by atoms with Crippen molar-refractivity contribution in [2.24, 2.45) is 5.92 Å². The Balaban J connectivity index is 1.40. The van der Waals surface area contributed by atoms with E-state index in [9.17, 15) is 9.59 Å². The molecule has 1 heterocycles. The van der Waals surface area contributed by atoms with Crippen LogP contribution in [-0.4, -0.2) is 43.0 Å². The van der Waals surface area contributed by atoms with E-state index in [1.807, 2.05) is 29.2 Å². The quantitative estimate of drug-likeness (QED) is 0.869. The number of methoxy groups -OCH3 is 1. The smallest absolute Gasteiger partial charge is 0.225 e. The van der Waals surface area contributed by atoms with Crippen molar-refractivity contribution < 1.29 is 14.3 Å². The second-order valence-corrected chi connectivity index (χ2v) is 6.75. The van der Waals surface area contributed by atoms with E-state index in [1.165, 1.54) is 0 Å². The number of nitrogens with one attached hydrogen (secondary N) is 1. The van der Waals surface area contributed by atoms with Crippen molar-refractivity contribution in [1.82, 2.24) is 10.2 Å². The van der Waals surface area contributed by atoms with Crippen molar-refractivity contribution >= 4 is 11.8 Å². The summed E-state index contributed by atoms with van der Waals surface area (Å²) in [6.07, 6.45) is 4.96. The van der Waals surface area contributed by atoms with Gasteiger partial charge in [0, 0.05) is 31.5 Å². The molecule has 1 aromatic carbocycles. The zero-order chi connectivity index (χ0) is 16.9. The van der Waals surface area contributed by atoms with Gasteiger partial charge in [0.2, 0.25) is 11.8 Å². The molecular weight excluding hydrogens is 304 g/mol. The number of rotatable bonds is 6. The Morgan fingerprint density at radius 3 is 2.54 bits per heavy atom. The van der Waals surface area contributed by atoms with Crippen LogP contribution in [0.4, 0.5) is 0 Å². The van der Waals surface area contributed by atoms with E-state index in [4.69, 9.17) is 4.74 Å². The molecule has 130 valence electrons. The fraction of sp³-hybridized carbons (Fsp3) is 0.579. The van der Waals surface area contributed by atoms with Crippen molar-refractivity contribution in [3.63, 3.8) is 0 Å². The predicted molar refractivity (Wildman–Crippen MR) is 91.8 cm³/mol. The molecule has 1 aliphatic heterocycles. The summed E-state index contributed by atoms with van der Waals surface area (Å²) >= 11 is 0. The van der Waals surface area contributed by atoms with Crippen LogP contribution in [0.2, 0.25) is 0 Å². The molecular formula is C19H26N2O3. The van der Waals surface area contributed by atoms with Gasteiger partial charge in [0.1, 0.15) is 5.75 Å². The number of aryl methyl sites for hydroxylation is 1. The molecule has 2 aliphatic rings. The number of amides is 2. The van der Waals surface area contributed by atoms with Crippen molar-refractivity contribution in [3.8, 4) is 5.75 Å². The molecule has 0 bridgehead atoms. The highest BCUT2D eigenvalue weighted by atomic mass is 16.5. The highest BCUT2D eigenvalue weighted by molar-refractivity contribution is 5.81. The van der Waals surface area contributed by atoms with Gasteiger partial charge in [-0.1, -0.05) is 18.2 Å². The van der Waals surface area contributed by atoms with Gasteiger partial charge < -0.3 is 15.0 Å². The molecule has 0 aromatic heterocycles. The molecule has 0 radical (unpaired) electrons. The van der Waals surface area contributed by atoms with Crippen LogP contribution in [0.25, 0.3) is 0 Å². The van der Waals surface area contributed by atoms with Crippen LogP contribution in [-0.2, 0) is 16.0 Å². The Labute approximate surface area is 143 Å². The number of hydrogen-bond donors (Lipinski definition) is 1. The number of benzene rings is 1. The fourth-order valence-corrected chi connectivity index (χ4v) is 3.29. The van der Waals surface area contributed by atoms with Gasteiger partial charge in [0.25, 0.3) is 0 Å². The Hall–Kier alpha value is -2.04. The number of para-hydroxylation sites is 1. The van der Waals surface area contributed by atoms with Gasteiger partial charge in [-0.15, -0.1) is 0 Å². The number of ether oxygens (including phenoxy) is 1. The van der Waals surface area contributed by atoms with E-state index in [2.05, 4.69) is 5.32 Å².